The highest BCUT2D eigenvalue weighted by atomic mass is 35.5. The van der Waals surface area contributed by atoms with Crippen molar-refractivity contribution in [2.75, 3.05) is 36.4 Å². The number of carbonyl (C=O) groups is 1. The second-order valence-electron chi connectivity index (χ2n) is 8.25. The molecule has 2 aromatic carbocycles. The Balaban J connectivity index is 1.34. The van der Waals surface area contributed by atoms with Crippen molar-refractivity contribution in [3.05, 3.63) is 83.1 Å². The quantitative estimate of drug-likeness (QED) is 0.466. The molecule has 1 fully saturated rings. The fraction of sp³-hybridized carbons (Fsp3) is 0.250. The number of rotatable bonds is 6. The zero-order valence-corrected chi connectivity index (χ0v) is 20.9. The first-order chi connectivity index (χ1) is 17.5. The summed E-state index contributed by atoms with van der Waals surface area (Å²) in [6.07, 6.45) is -1.32. The summed E-state index contributed by atoms with van der Waals surface area (Å²) in [4.78, 5) is 17.8. The minimum absolute atomic E-state index is 0.0492. The normalized spacial score (nSPS) is 14.9. The Bertz CT molecular complexity index is 1350. The number of anilines is 2. The summed E-state index contributed by atoms with van der Waals surface area (Å²) >= 11 is 5.70. The molecule has 0 spiro atoms. The zero-order chi connectivity index (χ0) is 26.6. The number of hydrogen-bond acceptors (Lipinski definition) is 5. The molecule has 0 aliphatic carbocycles. The topological polar surface area (TPSA) is 94.6 Å². The van der Waals surface area contributed by atoms with Gasteiger partial charge in [-0.1, -0.05) is 17.7 Å². The molecule has 1 saturated heterocycles. The Labute approximate surface area is 217 Å². The minimum Gasteiger partial charge on any atom is -0.369 e. The molecule has 2 N–H and O–H groups in total. The molecule has 37 heavy (non-hydrogen) atoms. The van der Waals surface area contributed by atoms with Crippen LogP contribution in [-0.2, 0) is 22.7 Å². The van der Waals surface area contributed by atoms with Crippen molar-refractivity contribution in [2.45, 2.75) is 17.6 Å². The molecular weight excluding hydrogens is 531 g/mol. The lowest BCUT2D eigenvalue weighted by atomic mass is 10.1. The van der Waals surface area contributed by atoms with Gasteiger partial charge in [-0.25, -0.2) is 13.2 Å². The van der Waals surface area contributed by atoms with Gasteiger partial charge in [0.2, 0.25) is 10.0 Å². The fourth-order valence-electron chi connectivity index (χ4n) is 3.83. The van der Waals surface area contributed by atoms with E-state index in [1.54, 1.807) is 23.4 Å². The number of nitrogens with zero attached hydrogens (tertiary/aromatic N) is 3. The first-order valence-electron chi connectivity index (χ1n) is 11.2. The minimum atomic E-state index is -4.58. The van der Waals surface area contributed by atoms with Crippen LogP contribution in [0.2, 0.25) is 5.02 Å². The van der Waals surface area contributed by atoms with E-state index in [0.29, 0.717) is 11.4 Å². The van der Waals surface area contributed by atoms with Crippen molar-refractivity contribution in [2.24, 2.45) is 0 Å². The Kier molecular flexibility index (Phi) is 7.90. The molecule has 8 nitrogen and oxygen atoms in total. The van der Waals surface area contributed by atoms with E-state index in [-0.39, 0.29) is 42.6 Å². The summed E-state index contributed by atoms with van der Waals surface area (Å²) < 4.78 is 67.0. The standard InChI is InChI=1S/C24H23ClF3N5O3S/c25-22-8-5-19(14-21(22)24(26,27)28)32-10-12-33(13-11-32)37(35,36)20-6-3-18(4-7-20)31-23(34)30-16-17-2-1-9-29-15-17/h1-9,14-15H,10-13,16H2,(H2,30,31,34). The number of benzene rings is 2. The summed E-state index contributed by atoms with van der Waals surface area (Å²) in [5.41, 5.74) is 0.638. The molecule has 0 atom stereocenters. The van der Waals surface area contributed by atoms with E-state index in [0.717, 1.165) is 11.6 Å². The smallest absolute Gasteiger partial charge is 0.369 e. The van der Waals surface area contributed by atoms with Crippen molar-refractivity contribution >= 4 is 39.0 Å². The number of carbonyl (C=O) groups excluding carboxylic acids is 1. The highest BCUT2D eigenvalue weighted by molar-refractivity contribution is 7.89. The van der Waals surface area contributed by atoms with Crippen LogP contribution >= 0.6 is 11.6 Å². The number of aromatic nitrogens is 1. The molecule has 0 bridgehead atoms. The lowest BCUT2D eigenvalue weighted by Crippen LogP contribution is -2.48. The number of pyridine rings is 1. The molecular formula is C24H23ClF3N5O3S. The van der Waals surface area contributed by atoms with Crippen molar-refractivity contribution in [1.29, 1.82) is 0 Å². The van der Waals surface area contributed by atoms with Crippen LogP contribution in [0.15, 0.2) is 71.9 Å². The van der Waals surface area contributed by atoms with Gasteiger partial charge in [-0.3, -0.25) is 4.98 Å². The van der Waals surface area contributed by atoms with Gasteiger partial charge in [0.25, 0.3) is 0 Å². The Morgan fingerprint density at radius 1 is 1.03 bits per heavy atom. The van der Waals surface area contributed by atoms with E-state index < -0.39 is 27.8 Å². The van der Waals surface area contributed by atoms with Gasteiger partial charge in [0, 0.05) is 56.5 Å². The molecule has 0 saturated carbocycles. The number of hydrogen-bond donors (Lipinski definition) is 2. The first kappa shape index (κ1) is 26.7. The van der Waals surface area contributed by atoms with Crippen LogP contribution in [-0.4, -0.2) is 49.9 Å². The molecule has 4 rings (SSSR count). The molecule has 0 unspecified atom stereocenters. The molecule has 1 aromatic heterocycles. The van der Waals surface area contributed by atoms with Crippen molar-refractivity contribution in [3.8, 4) is 0 Å². The number of amides is 2. The maximum Gasteiger partial charge on any atom is 0.417 e. The Hall–Kier alpha value is -3.35. The third kappa shape index (κ3) is 6.51. The molecule has 3 aromatic rings. The van der Waals surface area contributed by atoms with Crippen LogP contribution in [0.5, 0.6) is 0 Å². The number of halogens is 4. The van der Waals surface area contributed by atoms with Crippen molar-refractivity contribution in [1.82, 2.24) is 14.6 Å². The molecule has 1 aliphatic heterocycles. The lowest BCUT2D eigenvalue weighted by Gasteiger charge is -2.35. The van der Waals surface area contributed by atoms with E-state index in [2.05, 4.69) is 15.6 Å². The molecule has 2 heterocycles. The van der Waals surface area contributed by atoms with Gasteiger partial charge in [-0.05, 0) is 54.1 Å². The van der Waals surface area contributed by atoms with E-state index in [9.17, 15) is 26.4 Å². The zero-order valence-electron chi connectivity index (χ0n) is 19.4. The Morgan fingerprint density at radius 3 is 2.35 bits per heavy atom. The van der Waals surface area contributed by atoms with Crippen LogP contribution in [0.25, 0.3) is 0 Å². The van der Waals surface area contributed by atoms with E-state index in [1.165, 1.54) is 40.7 Å². The average Bonchev–Trinajstić information content (AvgIpc) is 2.88. The third-order valence-corrected chi connectivity index (χ3v) is 8.03. The lowest BCUT2D eigenvalue weighted by molar-refractivity contribution is -0.137. The monoisotopic (exact) mass is 553 g/mol. The highest BCUT2D eigenvalue weighted by Crippen LogP contribution is 2.37. The molecule has 2 amide bonds. The first-order valence-corrected chi connectivity index (χ1v) is 13.0. The number of urea groups is 1. The molecule has 196 valence electrons. The van der Waals surface area contributed by atoms with Crippen molar-refractivity contribution < 1.29 is 26.4 Å². The average molecular weight is 554 g/mol. The second-order valence-corrected chi connectivity index (χ2v) is 10.6. The number of alkyl halides is 3. The SMILES string of the molecule is O=C(NCc1cccnc1)Nc1ccc(S(=O)(=O)N2CCN(c3ccc(Cl)c(C(F)(F)F)c3)CC2)cc1. The van der Waals surface area contributed by atoms with E-state index in [1.807, 2.05) is 6.07 Å². The van der Waals surface area contributed by atoms with Gasteiger partial charge in [-0.2, -0.15) is 17.5 Å². The molecule has 0 radical (unpaired) electrons. The molecule has 1 aliphatic rings. The summed E-state index contributed by atoms with van der Waals surface area (Å²) in [5, 5.41) is 4.94. The summed E-state index contributed by atoms with van der Waals surface area (Å²) in [6, 6.07) is 12.5. The largest absolute Gasteiger partial charge is 0.417 e. The van der Waals surface area contributed by atoms with Crippen LogP contribution in [0.4, 0.5) is 29.3 Å². The van der Waals surface area contributed by atoms with Gasteiger partial charge >= 0.3 is 12.2 Å². The van der Waals surface area contributed by atoms with Gasteiger partial charge in [-0.15, -0.1) is 0 Å². The predicted octanol–water partition coefficient (Wildman–Crippen LogP) is 4.59. The summed E-state index contributed by atoms with van der Waals surface area (Å²) in [7, 11) is -3.83. The maximum atomic E-state index is 13.2. The summed E-state index contributed by atoms with van der Waals surface area (Å²) in [5.74, 6) is 0. The number of piperazine rings is 1. The van der Waals surface area contributed by atoms with Crippen molar-refractivity contribution in [3.63, 3.8) is 0 Å². The van der Waals surface area contributed by atoms with Gasteiger partial charge < -0.3 is 15.5 Å². The third-order valence-electron chi connectivity index (χ3n) is 5.78. The van der Waals surface area contributed by atoms with E-state index >= 15 is 0 Å². The fourth-order valence-corrected chi connectivity index (χ4v) is 5.48. The highest BCUT2D eigenvalue weighted by Gasteiger charge is 2.34. The summed E-state index contributed by atoms with van der Waals surface area (Å²) in [6.45, 7) is 0.918. The Morgan fingerprint density at radius 2 is 1.73 bits per heavy atom. The van der Waals surface area contributed by atoms with Crippen LogP contribution in [0.1, 0.15) is 11.1 Å². The molecule has 13 heteroatoms. The van der Waals surface area contributed by atoms with Gasteiger partial charge in [0.15, 0.2) is 0 Å². The van der Waals surface area contributed by atoms with Crippen LogP contribution in [0.3, 0.4) is 0 Å². The number of sulfonamides is 1. The van der Waals surface area contributed by atoms with Crippen LogP contribution in [0, 0.1) is 0 Å². The number of nitrogens with one attached hydrogen (secondary N) is 2. The van der Waals surface area contributed by atoms with E-state index in [4.69, 9.17) is 11.6 Å². The maximum absolute atomic E-state index is 13.2. The van der Waals surface area contributed by atoms with Gasteiger partial charge in [0.1, 0.15) is 0 Å². The predicted molar refractivity (Wildman–Crippen MR) is 134 cm³/mol. The van der Waals surface area contributed by atoms with Gasteiger partial charge in [0.05, 0.1) is 15.5 Å². The second kappa shape index (κ2) is 11.0. The van der Waals surface area contributed by atoms with Crippen LogP contribution < -0.4 is 15.5 Å².